The van der Waals surface area contributed by atoms with E-state index in [0.29, 0.717) is 12.6 Å². The third-order valence-corrected chi connectivity index (χ3v) is 1.95. The van der Waals surface area contributed by atoms with Gasteiger partial charge in [-0.1, -0.05) is 13.8 Å². The van der Waals surface area contributed by atoms with Gasteiger partial charge in [0, 0.05) is 19.6 Å². The van der Waals surface area contributed by atoms with Gasteiger partial charge >= 0.3 is 6.09 Å². The highest BCUT2D eigenvalue weighted by Crippen LogP contribution is 2.09. The van der Waals surface area contributed by atoms with Crippen LogP contribution in [0.4, 0.5) is 4.79 Å². The molecule has 0 aromatic heterocycles. The van der Waals surface area contributed by atoms with Gasteiger partial charge < -0.3 is 20.1 Å². The molecule has 0 saturated heterocycles. The standard InChI is InChI=1S/C12H26N2O3/c1-9(2)13-7-10(15)8-14(6)11(16)17-12(3,4)5/h9-10,13,15H,7-8H2,1-6H3/t10-/m1/s1. The Hall–Kier alpha value is -0.810. The molecular weight excluding hydrogens is 220 g/mol. The molecule has 102 valence electrons. The Labute approximate surface area is 104 Å². The van der Waals surface area contributed by atoms with Crippen molar-refractivity contribution < 1.29 is 14.6 Å². The van der Waals surface area contributed by atoms with Crippen molar-refractivity contribution in [2.24, 2.45) is 0 Å². The fourth-order valence-corrected chi connectivity index (χ4v) is 1.17. The quantitative estimate of drug-likeness (QED) is 0.765. The van der Waals surface area contributed by atoms with Crippen LogP contribution in [0.3, 0.4) is 0 Å². The number of amides is 1. The Morgan fingerprint density at radius 1 is 1.41 bits per heavy atom. The van der Waals surface area contributed by atoms with E-state index >= 15 is 0 Å². The molecule has 0 aromatic carbocycles. The van der Waals surface area contributed by atoms with E-state index < -0.39 is 17.8 Å². The van der Waals surface area contributed by atoms with Crippen molar-refractivity contribution in [3.63, 3.8) is 0 Å². The number of ether oxygens (including phenoxy) is 1. The summed E-state index contributed by atoms with van der Waals surface area (Å²) < 4.78 is 5.18. The fraction of sp³-hybridized carbons (Fsp3) is 0.917. The molecule has 0 spiro atoms. The highest BCUT2D eigenvalue weighted by Gasteiger charge is 2.21. The molecule has 0 fully saturated rings. The van der Waals surface area contributed by atoms with Gasteiger partial charge in [0.1, 0.15) is 5.60 Å². The zero-order chi connectivity index (χ0) is 13.6. The highest BCUT2D eigenvalue weighted by molar-refractivity contribution is 5.67. The average molecular weight is 246 g/mol. The molecule has 1 atom stereocenters. The van der Waals surface area contributed by atoms with Crippen LogP contribution >= 0.6 is 0 Å². The second kappa shape index (κ2) is 6.81. The van der Waals surface area contributed by atoms with Gasteiger partial charge in [0.15, 0.2) is 0 Å². The molecule has 0 aliphatic heterocycles. The summed E-state index contributed by atoms with van der Waals surface area (Å²) in [5, 5.41) is 12.8. The van der Waals surface area contributed by atoms with Crippen LogP contribution in [0.1, 0.15) is 34.6 Å². The van der Waals surface area contributed by atoms with Crippen LogP contribution in [0, 0.1) is 0 Å². The van der Waals surface area contributed by atoms with Crippen molar-refractivity contribution in [1.82, 2.24) is 10.2 Å². The van der Waals surface area contributed by atoms with Gasteiger partial charge in [0.2, 0.25) is 0 Å². The Bertz CT molecular complexity index is 236. The van der Waals surface area contributed by atoms with Crippen molar-refractivity contribution >= 4 is 6.09 Å². The molecule has 0 aromatic rings. The number of hydrogen-bond acceptors (Lipinski definition) is 4. The van der Waals surface area contributed by atoms with Crippen LogP contribution in [-0.4, -0.2) is 54.0 Å². The lowest BCUT2D eigenvalue weighted by Gasteiger charge is -2.26. The number of likely N-dealkylation sites (N-methyl/N-ethyl adjacent to an activating group) is 1. The fourth-order valence-electron chi connectivity index (χ4n) is 1.17. The molecule has 0 heterocycles. The van der Waals surface area contributed by atoms with E-state index in [0.717, 1.165) is 0 Å². The molecule has 0 rings (SSSR count). The molecule has 1 amide bonds. The highest BCUT2D eigenvalue weighted by atomic mass is 16.6. The number of nitrogens with one attached hydrogen (secondary N) is 1. The number of aliphatic hydroxyl groups is 1. The van der Waals surface area contributed by atoms with E-state index in [4.69, 9.17) is 4.74 Å². The maximum absolute atomic E-state index is 11.6. The van der Waals surface area contributed by atoms with Crippen molar-refractivity contribution in [2.45, 2.75) is 52.4 Å². The lowest BCUT2D eigenvalue weighted by Crippen LogP contribution is -2.42. The first kappa shape index (κ1) is 16.2. The minimum atomic E-state index is -0.588. The summed E-state index contributed by atoms with van der Waals surface area (Å²) in [7, 11) is 1.62. The minimum Gasteiger partial charge on any atom is -0.444 e. The molecule has 0 bridgehead atoms. The summed E-state index contributed by atoms with van der Waals surface area (Å²) in [5.74, 6) is 0. The Kier molecular flexibility index (Phi) is 6.49. The van der Waals surface area contributed by atoms with E-state index in [1.54, 1.807) is 7.05 Å². The van der Waals surface area contributed by atoms with Crippen molar-refractivity contribution in [2.75, 3.05) is 20.1 Å². The van der Waals surface area contributed by atoms with Crippen LogP contribution in [0.5, 0.6) is 0 Å². The van der Waals surface area contributed by atoms with Crippen LogP contribution in [-0.2, 0) is 4.74 Å². The van der Waals surface area contributed by atoms with E-state index in [-0.39, 0.29) is 6.54 Å². The molecule has 5 heteroatoms. The molecule has 17 heavy (non-hydrogen) atoms. The first-order chi connectivity index (χ1) is 7.61. The SMILES string of the molecule is CC(C)NC[C@@H](O)CN(C)C(=O)OC(C)(C)C. The lowest BCUT2D eigenvalue weighted by molar-refractivity contribution is 0.0206. The molecule has 0 aliphatic carbocycles. The smallest absolute Gasteiger partial charge is 0.410 e. The Morgan fingerprint density at radius 3 is 2.35 bits per heavy atom. The molecule has 2 N–H and O–H groups in total. The van der Waals surface area contributed by atoms with Gasteiger partial charge in [-0.05, 0) is 20.8 Å². The van der Waals surface area contributed by atoms with Crippen LogP contribution in [0.2, 0.25) is 0 Å². The van der Waals surface area contributed by atoms with Crippen LogP contribution < -0.4 is 5.32 Å². The summed E-state index contributed by atoms with van der Waals surface area (Å²) in [6.45, 7) is 10.2. The van der Waals surface area contributed by atoms with E-state index in [2.05, 4.69) is 5.32 Å². The van der Waals surface area contributed by atoms with Crippen molar-refractivity contribution in [3.8, 4) is 0 Å². The maximum Gasteiger partial charge on any atom is 0.410 e. The second-order valence-electron chi connectivity index (χ2n) is 5.58. The largest absolute Gasteiger partial charge is 0.444 e. The predicted octanol–water partition coefficient (Wildman–Crippen LogP) is 1.21. The molecule has 0 radical (unpaired) electrons. The lowest BCUT2D eigenvalue weighted by atomic mass is 10.2. The molecule has 5 nitrogen and oxygen atoms in total. The van der Waals surface area contributed by atoms with E-state index in [1.165, 1.54) is 4.90 Å². The van der Waals surface area contributed by atoms with Crippen LogP contribution in [0.25, 0.3) is 0 Å². The minimum absolute atomic E-state index is 0.259. The summed E-state index contributed by atoms with van der Waals surface area (Å²) in [4.78, 5) is 13.0. The number of hydrogen-bond donors (Lipinski definition) is 2. The van der Waals surface area contributed by atoms with Gasteiger partial charge in [-0.15, -0.1) is 0 Å². The van der Waals surface area contributed by atoms with Crippen LogP contribution in [0.15, 0.2) is 0 Å². The first-order valence-electron chi connectivity index (χ1n) is 5.97. The van der Waals surface area contributed by atoms with Gasteiger partial charge in [0.05, 0.1) is 12.6 Å². The monoisotopic (exact) mass is 246 g/mol. The second-order valence-corrected chi connectivity index (χ2v) is 5.58. The van der Waals surface area contributed by atoms with Gasteiger partial charge in [-0.2, -0.15) is 0 Å². The Balaban J connectivity index is 3.99. The number of carbonyl (C=O) groups excluding carboxylic acids is 1. The van der Waals surface area contributed by atoms with Gasteiger partial charge in [-0.3, -0.25) is 0 Å². The van der Waals surface area contributed by atoms with E-state index in [9.17, 15) is 9.90 Å². The normalized spacial score (nSPS) is 13.6. The summed E-state index contributed by atoms with van der Waals surface area (Å²) >= 11 is 0. The average Bonchev–Trinajstić information content (AvgIpc) is 2.11. The molecular formula is C12H26N2O3. The molecule has 0 aliphatic rings. The summed E-state index contributed by atoms with van der Waals surface area (Å²) in [6.07, 6.45) is -1.00. The summed E-state index contributed by atoms with van der Waals surface area (Å²) in [5.41, 5.74) is -0.507. The third kappa shape index (κ3) is 8.94. The topological polar surface area (TPSA) is 61.8 Å². The summed E-state index contributed by atoms with van der Waals surface area (Å²) in [6, 6.07) is 0.316. The zero-order valence-corrected chi connectivity index (χ0v) is 11.8. The number of rotatable bonds is 5. The zero-order valence-electron chi connectivity index (χ0n) is 11.8. The maximum atomic E-state index is 11.6. The number of aliphatic hydroxyl groups excluding tert-OH is 1. The van der Waals surface area contributed by atoms with Gasteiger partial charge in [-0.25, -0.2) is 4.79 Å². The first-order valence-corrected chi connectivity index (χ1v) is 5.97. The Morgan fingerprint density at radius 2 is 1.94 bits per heavy atom. The van der Waals surface area contributed by atoms with Gasteiger partial charge in [0.25, 0.3) is 0 Å². The van der Waals surface area contributed by atoms with Crippen molar-refractivity contribution in [3.05, 3.63) is 0 Å². The molecule has 0 unspecified atom stereocenters. The number of carbonyl (C=O) groups is 1. The predicted molar refractivity (Wildman–Crippen MR) is 68.0 cm³/mol. The van der Waals surface area contributed by atoms with Crippen molar-refractivity contribution in [1.29, 1.82) is 0 Å². The van der Waals surface area contributed by atoms with E-state index in [1.807, 2.05) is 34.6 Å². The number of nitrogens with zero attached hydrogens (tertiary/aromatic N) is 1. The molecule has 0 saturated carbocycles. The third-order valence-electron chi connectivity index (χ3n) is 1.95.